The number of rotatable bonds is 1. The summed E-state index contributed by atoms with van der Waals surface area (Å²) in [7, 11) is 1.75. The molecule has 0 aliphatic carbocycles. The van der Waals surface area contributed by atoms with E-state index in [2.05, 4.69) is 10.6 Å². The first-order valence-electron chi connectivity index (χ1n) is 4.00. The average Bonchev–Trinajstić information content (AvgIpc) is 2.43. The number of para-hydroxylation sites is 1. The number of benzene rings is 1. The molecule has 0 fully saturated rings. The van der Waals surface area contributed by atoms with Crippen LogP contribution in [0.15, 0.2) is 18.2 Å². The second-order valence-electron chi connectivity index (χ2n) is 2.92. The minimum absolute atomic E-state index is 0.0504. The summed E-state index contributed by atoms with van der Waals surface area (Å²) in [5.41, 5.74) is 1.65. The van der Waals surface area contributed by atoms with Gasteiger partial charge >= 0.3 is 0 Å². The molecule has 2 N–H and O–H groups in total. The van der Waals surface area contributed by atoms with E-state index < -0.39 is 0 Å². The van der Waals surface area contributed by atoms with Crippen LogP contribution in [0.1, 0.15) is 11.6 Å². The summed E-state index contributed by atoms with van der Waals surface area (Å²) in [5, 5.41) is 6.25. The van der Waals surface area contributed by atoms with Crippen molar-refractivity contribution in [2.75, 3.05) is 12.4 Å². The third-order valence-corrected chi connectivity index (χ3v) is 2.47. The fourth-order valence-electron chi connectivity index (χ4n) is 1.54. The fourth-order valence-corrected chi connectivity index (χ4v) is 1.77. The molecule has 1 atom stereocenters. The van der Waals surface area contributed by atoms with Gasteiger partial charge in [0.25, 0.3) is 0 Å². The number of hydrogen-bond donors (Lipinski definition) is 2. The van der Waals surface area contributed by atoms with E-state index in [1.807, 2.05) is 12.1 Å². The number of hydrogen-bond acceptors (Lipinski definition) is 2. The van der Waals surface area contributed by atoms with Crippen molar-refractivity contribution in [3.63, 3.8) is 0 Å². The van der Waals surface area contributed by atoms with Gasteiger partial charge in [0.15, 0.2) is 0 Å². The van der Waals surface area contributed by atoms with Crippen LogP contribution in [0, 0.1) is 0 Å². The van der Waals surface area contributed by atoms with Crippen LogP contribution in [-0.4, -0.2) is 13.0 Å². The number of anilines is 1. The van der Waals surface area contributed by atoms with Crippen LogP contribution in [0.3, 0.4) is 0 Å². The summed E-state index contributed by atoms with van der Waals surface area (Å²) in [5.74, 6) is -0.0504. The first-order chi connectivity index (χ1) is 6.24. The molecule has 0 saturated carbocycles. The Labute approximate surface area is 81.1 Å². The Morgan fingerprint density at radius 3 is 3.00 bits per heavy atom. The van der Waals surface area contributed by atoms with Crippen molar-refractivity contribution < 1.29 is 4.79 Å². The van der Waals surface area contributed by atoms with Crippen LogP contribution in [-0.2, 0) is 4.79 Å². The molecule has 1 heterocycles. The minimum Gasteiger partial charge on any atom is -0.323 e. The molecular weight excluding hydrogens is 188 g/mol. The van der Waals surface area contributed by atoms with E-state index in [0.717, 1.165) is 11.3 Å². The van der Waals surface area contributed by atoms with Crippen molar-refractivity contribution in [1.82, 2.24) is 5.32 Å². The predicted octanol–water partition coefficient (Wildman–Crippen LogP) is 1.55. The summed E-state index contributed by atoms with van der Waals surface area (Å²) in [6, 6.07) is 5.22. The predicted molar refractivity (Wildman–Crippen MR) is 51.9 cm³/mol. The highest BCUT2D eigenvalue weighted by Gasteiger charge is 2.30. The van der Waals surface area contributed by atoms with E-state index in [1.165, 1.54) is 0 Å². The minimum atomic E-state index is -0.270. The molecule has 3 nitrogen and oxygen atoms in total. The largest absolute Gasteiger partial charge is 0.323 e. The van der Waals surface area contributed by atoms with Gasteiger partial charge in [-0.25, -0.2) is 0 Å². The fraction of sp³-hybridized carbons (Fsp3) is 0.222. The Bertz CT molecular complexity index is 365. The third kappa shape index (κ3) is 1.20. The SMILES string of the molecule is CNC1C(=O)Nc2c(Cl)cccc21. The summed E-state index contributed by atoms with van der Waals surface area (Å²) < 4.78 is 0. The van der Waals surface area contributed by atoms with Gasteiger partial charge in [-0.05, 0) is 13.1 Å². The zero-order valence-electron chi connectivity index (χ0n) is 7.10. The molecule has 1 aromatic carbocycles. The summed E-state index contributed by atoms with van der Waals surface area (Å²) in [6.07, 6.45) is 0. The lowest BCUT2D eigenvalue weighted by molar-refractivity contribution is -0.117. The standard InChI is InChI=1S/C9H9ClN2O/c1-11-8-5-3-2-4-6(10)7(5)12-9(8)13/h2-4,8,11H,1H3,(H,12,13). The van der Waals surface area contributed by atoms with Gasteiger partial charge in [-0.2, -0.15) is 0 Å². The van der Waals surface area contributed by atoms with E-state index in [0.29, 0.717) is 5.02 Å². The molecule has 0 bridgehead atoms. The zero-order valence-corrected chi connectivity index (χ0v) is 7.85. The molecule has 0 saturated heterocycles. The molecule has 0 aromatic heterocycles. The molecular formula is C9H9ClN2O. The van der Waals surface area contributed by atoms with Crippen molar-refractivity contribution in [1.29, 1.82) is 0 Å². The van der Waals surface area contributed by atoms with Crippen LogP contribution in [0.5, 0.6) is 0 Å². The molecule has 1 aromatic rings. The maximum absolute atomic E-state index is 11.4. The first kappa shape index (κ1) is 8.53. The molecule has 4 heteroatoms. The monoisotopic (exact) mass is 196 g/mol. The van der Waals surface area contributed by atoms with E-state index in [-0.39, 0.29) is 11.9 Å². The van der Waals surface area contributed by atoms with Crippen molar-refractivity contribution in [3.05, 3.63) is 28.8 Å². The number of nitrogens with one attached hydrogen (secondary N) is 2. The third-order valence-electron chi connectivity index (χ3n) is 2.16. The summed E-state index contributed by atoms with van der Waals surface area (Å²) in [4.78, 5) is 11.4. The van der Waals surface area contributed by atoms with Gasteiger partial charge < -0.3 is 10.6 Å². The van der Waals surface area contributed by atoms with Gasteiger partial charge in [0.1, 0.15) is 6.04 Å². The highest BCUT2D eigenvalue weighted by Crippen LogP contribution is 2.35. The Hall–Kier alpha value is -1.06. The Balaban J connectivity index is 2.54. The van der Waals surface area contributed by atoms with Crippen LogP contribution >= 0.6 is 11.6 Å². The maximum atomic E-state index is 11.4. The topological polar surface area (TPSA) is 41.1 Å². The molecule has 1 amide bonds. The smallest absolute Gasteiger partial charge is 0.246 e. The summed E-state index contributed by atoms with van der Waals surface area (Å²) in [6.45, 7) is 0. The van der Waals surface area contributed by atoms with Crippen LogP contribution in [0.25, 0.3) is 0 Å². The van der Waals surface area contributed by atoms with Crippen molar-refractivity contribution in [2.24, 2.45) is 0 Å². The van der Waals surface area contributed by atoms with Gasteiger partial charge in [-0.1, -0.05) is 23.7 Å². The van der Waals surface area contributed by atoms with Crippen molar-refractivity contribution >= 4 is 23.2 Å². The highest BCUT2D eigenvalue weighted by atomic mass is 35.5. The quantitative estimate of drug-likeness (QED) is 0.716. The number of halogens is 1. The van der Waals surface area contributed by atoms with Gasteiger partial charge in [0.05, 0.1) is 10.7 Å². The zero-order chi connectivity index (χ0) is 9.42. The van der Waals surface area contributed by atoms with Crippen LogP contribution in [0.2, 0.25) is 5.02 Å². The number of carbonyl (C=O) groups excluding carboxylic acids is 1. The molecule has 13 heavy (non-hydrogen) atoms. The van der Waals surface area contributed by atoms with Gasteiger partial charge in [0.2, 0.25) is 5.91 Å². The number of amides is 1. The second-order valence-corrected chi connectivity index (χ2v) is 3.32. The normalized spacial score (nSPS) is 19.8. The molecule has 0 radical (unpaired) electrons. The maximum Gasteiger partial charge on any atom is 0.246 e. The summed E-state index contributed by atoms with van der Waals surface area (Å²) >= 11 is 5.91. The number of carbonyl (C=O) groups is 1. The molecule has 68 valence electrons. The molecule has 0 spiro atoms. The van der Waals surface area contributed by atoms with E-state index >= 15 is 0 Å². The Morgan fingerprint density at radius 1 is 1.54 bits per heavy atom. The lowest BCUT2D eigenvalue weighted by atomic mass is 10.1. The lowest BCUT2D eigenvalue weighted by Gasteiger charge is -2.05. The van der Waals surface area contributed by atoms with E-state index in [9.17, 15) is 4.79 Å². The highest BCUT2D eigenvalue weighted by molar-refractivity contribution is 6.34. The van der Waals surface area contributed by atoms with E-state index in [1.54, 1.807) is 13.1 Å². The Morgan fingerprint density at radius 2 is 2.31 bits per heavy atom. The van der Waals surface area contributed by atoms with Crippen molar-refractivity contribution in [3.8, 4) is 0 Å². The van der Waals surface area contributed by atoms with Gasteiger partial charge in [0, 0.05) is 5.56 Å². The van der Waals surface area contributed by atoms with Crippen LogP contribution in [0.4, 0.5) is 5.69 Å². The number of likely N-dealkylation sites (N-methyl/N-ethyl adjacent to an activating group) is 1. The van der Waals surface area contributed by atoms with Gasteiger partial charge in [-0.15, -0.1) is 0 Å². The first-order valence-corrected chi connectivity index (χ1v) is 4.38. The van der Waals surface area contributed by atoms with Gasteiger partial charge in [-0.3, -0.25) is 4.79 Å². The van der Waals surface area contributed by atoms with Crippen molar-refractivity contribution in [2.45, 2.75) is 6.04 Å². The lowest BCUT2D eigenvalue weighted by Crippen LogP contribution is -2.23. The molecule has 1 unspecified atom stereocenters. The van der Waals surface area contributed by atoms with E-state index in [4.69, 9.17) is 11.6 Å². The molecule has 1 aliphatic rings. The number of fused-ring (bicyclic) bond motifs is 1. The second kappa shape index (κ2) is 3.01. The van der Waals surface area contributed by atoms with Crippen LogP contribution < -0.4 is 10.6 Å². The molecule has 2 rings (SSSR count). The average molecular weight is 197 g/mol. The molecule has 1 aliphatic heterocycles. The Kier molecular flexibility index (Phi) is 1.98.